The molecule has 6 nitrogen and oxygen atoms in total. The molecule has 1 aromatic carbocycles. The number of ether oxygens (including phenoxy) is 2. The lowest BCUT2D eigenvalue weighted by Gasteiger charge is -2.27. The van der Waals surface area contributed by atoms with Crippen molar-refractivity contribution in [1.29, 1.82) is 0 Å². The van der Waals surface area contributed by atoms with Crippen LogP contribution in [0.1, 0.15) is 36.2 Å². The smallest absolute Gasteiger partial charge is 0.305 e. The lowest BCUT2D eigenvalue weighted by Crippen LogP contribution is -2.38. The topological polar surface area (TPSA) is 76.1 Å². The Morgan fingerprint density at radius 1 is 1.18 bits per heavy atom. The maximum absolute atomic E-state index is 12.7. The van der Waals surface area contributed by atoms with Crippen molar-refractivity contribution >= 4 is 11.9 Å². The Bertz CT molecular complexity index is 554. The summed E-state index contributed by atoms with van der Waals surface area (Å²) in [5, 5.41) is 8.83. The molecule has 0 fully saturated rings. The number of methoxy groups -OCH3 is 2. The van der Waals surface area contributed by atoms with Crippen LogP contribution in [0.2, 0.25) is 0 Å². The van der Waals surface area contributed by atoms with Gasteiger partial charge in [0, 0.05) is 18.2 Å². The summed E-state index contributed by atoms with van der Waals surface area (Å²) in [6.07, 6.45) is -0.0870. The number of carbonyl (C=O) groups excluding carboxylic acids is 1. The zero-order chi connectivity index (χ0) is 16.9. The van der Waals surface area contributed by atoms with Gasteiger partial charge in [-0.3, -0.25) is 9.59 Å². The number of aryl methyl sites for hydroxylation is 1. The number of rotatable bonds is 7. The van der Waals surface area contributed by atoms with Crippen molar-refractivity contribution in [3.63, 3.8) is 0 Å². The molecule has 0 aliphatic heterocycles. The van der Waals surface area contributed by atoms with E-state index in [0.717, 1.165) is 5.56 Å². The Morgan fingerprint density at radius 2 is 1.73 bits per heavy atom. The van der Waals surface area contributed by atoms with Crippen LogP contribution in [-0.2, 0) is 4.79 Å². The van der Waals surface area contributed by atoms with E-state index < -0.39 is 5.97 Å². The number of hydrogen-bond acceptors (Lipinski definition) is 4. The van der Waals surface area contributed by atoms with Crippen LogP contribution in [0, 0.1) is 6.92 Å². The number of nitrogens with zero attached hydrogens (tertiary/aromatic N) is 1. The van der Waals surface area contributed by atoms with Crippen LogP contribution in [0.25, 0.3) is 0 Å². The Balaban J connectivity index is 3.15. The number of aliphatic carboxylic acids is 1. The molecular weight excluding hydrogens is 286 g/mol. The minimum Gasteiger partial charge on any atom is -0.493 e. The van der Waals surface area contributed by atoms with Crippen molar-refractivity contribution in [2.75, 3.05) is 20.8 Å². The second kappa shape index (κ2) is 7.68. The van der Waals surface area contributed by atoms with Crippen LogP contribution < -0.4 is 9.47 Å². The molecule has 0 bridgehead atoms. The first-order valence-corrected chi connectivity index (χ1v) is 7.07. The van der Waals surface area contributed by atoms with Crippen molar-refractivity contribution in [2.24, 2.45) is 0 Å². The largest absolute Gasteiger partial charge is 0.493 e. The molecule has 1 amide bonds. The van der Waals surface area contributed by atoms with Gasteiger partial charge in [0.15, 0.2) is 11.5 Å². The summed E-state index contributed by atoms with van der Waals surface area (Å²) in [7, 11) is 3.04. The van der Waals surface area contributed by atoms with Gasteiger partial charge in [-0.1, -0.05) is 0 Å². The molecule has 1 N–H and O–H groups in total. The van der Waals surface area contributed by atoms with E-state index in [2.05, 4.69) is 0 Å². The fourth-order valence-electron chi connectivity index (χ4n) is 2.18. The van der Waals surface area contributed by atoms with E-state index in [1.165, 1.54) is 14.2 Å². The molecule has 1 rings (SSSR count). The van der Waals surface area contributed by atoms with Crippen molar-refractivity contribution in [3.05, 3.63) is 23.3 Å². The summed E-state index contributed by atoms with van der Waals surface area (Å²) in [5.41, 5.74) is 1.24. The second-order valence-corrected chi connectivity index (χ2v) is 5.26. The summed E-state index contributed by atoms with van der Waals surface area (Å²) in [6, 6.07) is 3.27. The van der Waals surface area contributed by atoms with Crippen LogP contribution in [0.15, 0.2) is 12.1 Å². The zero-order valence-corrected chi connectivity index (χ0v) is 13.7. The first-order chi connectivity index (χ1) is 10.3. The average Bonchev–Trinajstić information content (AvgIpc) is 2.46. The molecule has 122 valence electrons. The molecule has 0 spiro atoms. The van der Waals surface area contributed by atoms with Gasteiger partial charge in [-0.2, -0.15) is 0 Å². The van der Waals surface area contributed by atoms with Gasteiger partial charge in [0.1, 0.15) is 0 Å². The Hall–Kier alpha value is -2.24. The minimum absolute atomic E-state index is 0.0870. The lowest BCUT2D eigenvalue weighted by atomic mass is 10.1. The highest BCUT2D eigenvalue weighted by Crippen LogP contribution is 2.31. The number of benzene rings is 1. The third kappa shape index (κ3) is 4.13. The Labute approximate surface area is 130 Å². The first kappa shape index (κ1) is 17.8. The predicted octanol–water partition coefficient (Wildman–Crippen LogP) is 2.34. The Morgan fingerprint density at radius 3 is 2.18 bits per heavy atom. The van der Waals surface area contributed by atoms with E-state index >= 15 is 0 Å². The van der Waals surface area contributed by atoms with E-state index in [9.17, 15) is 9.59 Å². The number of carbonyl (C=O) groups is 2. The van der Waals surface area contributed by atoms with Crippen LogP contribution in [0.4, 0.5) is 0 Å². The highest BCUT2D eigenvalue weighted by atomic mass is 16.5. The monoisotopic (exact) mass is 309 g/mol. The van der Waals surface area contributed by atoms with Crippen molar-refractivity contribution in [2.45, 2.75) is 33.2 Å². The normalized spacial score (nSPS) is 10.5. The molecule has 0 aliphatic rings. The van der Waals surface area contributed by atoms with Crippen LogP contribution in [0.5, 0.6) is 11.5 Å². The third-order valence-electron chi connectivity index (χ3n) is 3.41. The molecule has 0 atom stereocenters. The minimum atomic E-state index is -0.928. The molecule has 0 unspecified atom stereocenters. The van der Waals surface area contributed by atoms with E-state index in [-0.39, 0.29) is 24.9 Å². The fraction of sp³-hybridized carbons (Fsp3) is 0.500. The number of carboxylic acids is 1. The van der Waals surface area contributed by atoms with Gasteiger partial charge in [-0.25, -0.2) is 0 Å². The van der Waals surface area contributed by atoms with Crippen LogP contribution in [0.3, 0.4) is 0 Å². The molecule has 0 aliphatic carbocycles. The van der Waals surface area contributed by atoms with Crippen LogP contribution in [-0.4, -0.2) is 48.7 Å². The molecule has 0 aromatic heterocycles. The van der Waals surface area contributed by atoms with Gasteiger partial charge in [-0.15, -0.1) is 0 Å². The fourth-order valence-corrected chi connectivity index (χ4v) is 2.18. The van der Waals surface area contributed by atoms with Gasteiger partial charge in [-0.05, 0) is 38.5 Å². The number of carboxylic acid groups (broad SMARTS) is 1. The maximum Gasteiger partial charge on any atom is 0.305 e. The molecule has 1 aromatic rings. The highest BCUT2D eigenvalue weighted by molar-refractivity contribution is 5.96. The average molecular weight is 309 g/mol. The van der Waals surface area contributed by atoms with Crippen LogP contribution >= 0.6 is 0 Å². The van der Waals surface area contributed by atoms with Gasteiger partial charge in [0.2, 0.25) is 0 Å². The molecule has 22 heavy (non-hydrogen) atoms. The molecule has 0 heterocycles. The van der Waals surface area contributed by atoms with Crippen molar-refractivity contribution in [1.82, 2.24) is 4.90 Å². The van der Waals surface area contributed by atoms with E-state index in [4.69, 9.17) is 14.6 Å². The van der Waals surface area contributed by atoms with E-state index in [1.807, 2.05) is 20.8 Å². The second-order valence-electron chi connectivity index (χ2n) is 5.26. The third-order valence-corrected chi connectivity index (χ3v) is 3.41. The van der Waals surface area contributed by atoms with Gasteiger partial charge in [0.05, 0.1) is 20.6 Å². The Kier molecular flexibility index (Phi) is 6.22. The number of hydrogen-bond donors (Lipinski definition) is 1. The maximum atomic E-state index is 12.7. The van der Waals surface area contributed by atoms with Gasteiger partial charge < -0.3 is 19.5 Å². The summed E-state index contributed by atoms with van der Waals surface area (Å²) in [4.78, 5) is 25.0. The lowest BCUT2D eigenvalue weighted by molar-refractivity contribution is -0.137. The molecule has 0 saturated carbocycles. The summed E-state index contributed by atoms with van der Waals surface area (Å²) >= 11 is 0. The van der Waals surface area contributed by atoms with E-state index in [0.29, 0.717) is 17.1 Å². The molecule has 0 radical (unpaired) electrons. The van der Waals surface area contributed by atoms with Crippen molar-refractivity contribution < 1.29 is 24.2 Å². The SMILES string of the molecule is COc1cc(C)c(C(=O)N(CCC(=O)O)C(C)C)cc1OC. The summed E-state index contributed by atoms with van der Waals surface area (Å²) in [5.74, 6) is -0.117. The predicted molar refractivity (Wildman–Crippen MR) is 82.7 cm³/mol. The summed E-state index contributed by atoms with van der Waals surface area (Å²) in [6.45, 7) is 5.69. The molecule has 6 heteroatoms. The molecule has 0 saturated heterocycles. The van der Waals surface area contributed by atoms with Crippen molar-refractivity contribution in [3.8, 4) is 11.5 Å². The molecular formula is C16H23NO5. The quantitative estimate of drug-likeness (QED) is 0.836. The number of amides is 1. The summed E-state index contributed by atoms with van der Waals surface area (Å²) < 4.78 is 10.4. The van der Waals surface area contributed by atoms with Gasteiger partial charge >= 0.3 is 5.97 Å². The van der Waals surface area contributed by atoms with E-state index in [1.54, 1.807) is 17.0 Å². The highest BCUT2D eigenvalue weighted by Gasteiger charge is 2.22. The standard InChI is InChI=1S/C16H23NO5/c1-10(2)17(7-6-15(18)19)16(20)12-9-14(22-5)13(21-4)8-11(12)3/h8-10H,6-7H2,1-5H3,(H,18,19). The van der Waals surface area contributed by atoms with Gasteiger partial charge in [0.25, 0.3) is 5.91 Å². The first-order valence-electron chi connectivity index (χ1n) is 7.07. The zero-order valence-electron chi connectivity index (χ0n) is 13.7.